The summed E-state index contributed by atoms with van der Waals surface area (Å²) in [7, 11) is 0. The topological polar surface area (TPSA) is 57.0 Å². The zero-order valence-corrected chi connectivity index (χ0v) is 14.9. The Labute approximate surface area is 151 Å². The lowest BCUT2D eigenvalue weighted by molar-refractivity contribution is 0.0727. The second-order valence-corrected chi connectivity index (χ2v) is 6.44. The van der Waals surface area contributed by atoms with E-state index in [1.54, 1.807) is 35.9 Å². The highest BCUT2D eigenvalue weighted by Crippen LogP contribution is 2.18. The van der Waals surface area contributed by atoms with Crippen molar-refractivity contribution in [1.29, 1.82) is 0 Å². The van der Waals surface area contributed by atoms with Crippen LogP contribution in [0.2, 0.25) is 5.02 Å². The number of esters is 1. The number of ether oxygens (including phenoxy) is 1. The maximum absolute atomic E-state index is 12.2. The molecule has 0 amide bonds. The monoisotopic (exact) mass is 439 g/mol. The first kappa shape index (κ1) is 15.9. The molecule has 0 saturated carbocycles. The highest BCUT2D eigenvalue weighted by molar-refractivity contribution is 14.1. The first-order valence-corrected chi connectivity index (χ1v) is 8.16. The van der Waals surface area contributed by atoms with Gasteiger partial charge in [0.25, 0.3) is 0 Å². The van der Waals surface area contributed by atoms with Gasteiger partial charge in [-0.3, -0.25) is 0 Å². The van der Waals surface area contributed by atoms with Crippen LogP contribution >= 0.6 is 34.2 Å². The molecular formula is C16H11ClIN3O2. The molecule has 116 valence electrons. The molecule has 2 aromatic carbocycles. The summed E-state index contributed by atoms with van der Waals surface area (Å²) in [5.74, 6) is -0.149. The number of hydrogen-bond donors (Lipinski definition) is 0. The molecule has 0 bridgehead atoms. The molecule has 0 N–H and O–H groups in total. The third-order valence-electron chi connectivity index (χ3n) is 3.18. The summed E-state index contributed by atoms with van der Waals surface area (Å²) in [5.41, 5.74) is 1.63. The molecule has 0 spiro atoms. The molecule has 0 fully saturated rings. The van der Waals surface area contributed by atoms with Crippen molar-refractivity contribution in [3.63, 3.8) is 0 Å². The third kappa shape index (κ3) is 3.53. The van der Waals surface area contributed by atoms with Gasteiger partial charge in [0.15, 0.2) is 5.69 Å². The lowest BCUT2D eigenvalue weighted by Crippen LogP contribution is -2.11. The van der Waals surface area contributed by atoms with Gasteiger partial charge in [0.1, 0.15) is 5.75 Å². The Hall–Kier alpha value is -1.93. The van der Waals surface area contributed by atoms with Gasteiger partial charge in [-0.15, -0.1) is 5.10 Å². The number of carbonyl (C=O) groups is 1. The molecule has 0 aliphatic carbocycles. The molecule has 7 heteroatoms. The van der Waals surface area contributed by atoms with Crippen molar-refractivity contribution in [1.82, 2.24) is 15.0 Å². The summed E-state index contributed by atoms with van der Waals surface area (Å²) in [6.07, 6.45) is 0. The molecule has 0 unspecified atom stereocenters. The molecule has 1 heterocycles. The molecule has 0 aliphatic rings. The minimum absolute atomic E-state index is 0.179. The maximum Gasteiger partial charge on any atom is 0.366 e. The number of rotatable bonds is 3. The fraction of sp³-hybridized carbons (Fsp3) is 0.0625. The molecule has 0 aliphatic heterocycles. The lowest BCUT2D eigenvalue weighted by atomic mass is 10.3. The smallest absolute Gasteiger partial charge is 0.366 e. The summed E-state index contributed by atoms with van der Waals surface area (Å²) in [6.45, 7) is 1.77. The van der Waals surface area contributed by atoms with Gasteiger partial charge in [0.05, 0.1) is 11.4 Å². The van der Waals surface area contributed by atoms with Crippen LogP contribution in [0.3, 0.4) is 0 Å². The number of aromatic nitrogens is 3. The van der Waals surface area contributed by atoms with Gasteiger partial charge in [0.2, 0.25) is 0 Å². The fourth-order valence-electron chi connectivity index (χ4n) is 2.00. The van der Waals surface area contributed by atoms with Crippen LogP contribution in [0.15, 0.2) is 48.5 Å². The van der Waals surface area contributed by atoms with Crippen molar-refractivity contribution in [3.05, 3.63) is 68.5 Å². The minimum atomic E-state index is -0.554. The van der Waals surface area contributed by atoms with Gasteiger partial charge < -0.3 is 4.74 Å². The molecule has 3 aromatic rings. The number of hydrogen-bond acceptors (Lipinski definition) is 4. The van der Waals surface area contributed by atoms with Crippen molar-refractivity contribution >= 4 is 40.2 Å². The Morgan fingerprint density at radius 3 is 2.43 bits per heavy atom. The molecule has 0 atom stereocenters. The maximum atomic E-state index is 12.2. The van der Waals surface area contributed by atoms with Crippen LogP contribution in [0, 0.1) is 10.5 Å². The van der Waals surface area contributed by atoms with E-state index in [2.05, 4.69) is 32.9 Å². The van der Waals surface area contributed by atoms with E-state index in [4.69, 9.17) is 16.3 Å². The van der Waals surface area contributed by atoms with E-state index in [9.17, 15) is 4.79 Å². The average molecular weight is 440 g/mol. The lowest BCUT2D eigenvalue weighted by Gasteiger charge is -2.04. The SMILES string of the molecule is Cc1c(C(=O)Oc2ccc(Cl)cc2)nnn1-c1ccc(I)cc1. The van der Waals surface area contributed by atoms with Gasteiger partial charge in [-0.05, 0) is 78.0 Å². The first-order valence-electron chi connectivity index (χ1n) is 6.70. The Balaban J connectivity index is 1.85. The average Bonchev–Trinajstić information content (AvgIpc) is 2.92. The van der Waals surface area contributed by atoms with E-state index in [0.29, 0.717) is 16.5 Å². The van der Waals surface area contributed by atoms with Crippen LogP contribution in [0.4, 0.5) is 0 Å². The van der Waals surface area contributed by atoms with E-state index in [1.165, 1.54) is 0 Å². The number of carbonyl (C=O) groups excluding carboxylic acids is 1. The van der Waals surface area contributed by atoms with E-state index >= 15 is 0 Å². The Kier molecular flexibility index (Phi) is 4.63. The third-order valence-corrected chi connectivity index (χ3v) is 4.15. The molecular weight excluding hydrogens is 429 g/mol. The van der Waals surface area contributed by atoms with Crippen LogP contribution in [0.5, 0.6) is 5.75 Å². The summed E-state index contributed by atoms with van der Waals surface area (Å²) in [5, 5.41) is 8.55. The van der Waals surface area contributed by atoms with E-state index in [1.807, 2.05) is 24.3 Å². The molecule has 23 heavy (non-hydrogen) atoms. The van der Waals surface area contributed by atoms with Gasteiger partial charge >= 0.3 is 5.97 Å². The Morgan fingerprint density at radius 2 is 1.78 bits per heavy atom. The summed E-state index contributed by atoms with van der Waals surface area (Å²) < 4.78 is 8.01. The fourth-order valence-corrected chi connectivity index (χ4v) is 2.49. The predicted octanol–water partition coefficient (Wildman–Crippen LogP) is 4.05. The van der Waals surface area contributed by atoms with Gasteiger partial charge in [-0.2, -0.15) is 0 Å². The van der Waals surface area contributed by atoms with Gasteiger partial charge in [-0.25, -0.2) is 9.48 Å². The number of nitrogens with zero attached hydrogens (tertiary/aromatic N) is 3. The number of halogens is 2. The molecule has 1 aromatic heterocycles. The van der Waals surface area contributed by atoms with Crippen LogP contribution in [0.25, 0.3) is 5.69 Å². The molecule has 3 rings (SSSR count). The zero-order chi connectivity index (χ0) is 16.4. The van der Waals surface area contributed by atoms with Crippen LogP contribution < -0.4 is 4.74 Å². The van der Waals surface area contributed by atoms with E-state index < -0.39 is 5.97 Å². The van der Waals surface area contributed by atoms with Crippen molar-refractivity contribution in [3.8, 4) is 11.4 Å². The van der Waals surface area contributed by atoms with Crippen molar-refractivity contribution in [2.24, 2.45) is 0 Å². The zero-order valence-electron chi connectivity index (χ0n) is 12.0. The van der Waals surface area contributed by atoms with Crippen molar-refractivity contribution in [2.45, 2.75) is 6.92 Å². The highest BCUT2D eigenvalue weighted by atomic mass is 127. The largest absolute Gasteiger partial charge is 0.422 e. The standard InChI is InChI=1S/C16H11ClIN3O2/c1-10-15(16(22)23-14-8-2-11(17)3-9-14)19-20-21(10)13-6-4-12(18)5-7-13/h2-9H,1H3. The summed E-state index contributed by atoms with van der Waals surface area (Å²) in [6, 6.07) is 14.3. The second kappa shape index (κ2) is 6.67. The van der Waals surface area contributed by atoms with E-state index in [-0.39, 0.29) is 5.69 Å². The summed E-state index contributed by atoms with van der Waals surface area (Å²) in [4.78, 5) is 12.2. The number of benzene rings is 2. The van der Waals surface area contributed by atoms with Gasteiger partial charge in [-0.1, -0.05) is 16.8 Å². The Morgan fingerprint density at radius 1 is 1.13 bits per heavy atom. The normalized spacial score (nSPS) is 10.6. The molecule has 5 nitrogen and oxygen atoms in total. The highest BCUT2D eigenvalue weighted by Gasteiger charge is 2.19. The minimum Gasteiger partial charge on any atom is -0.422 e. The second-order valence-electron chi connectivity index (χ2n) is 4.76. The Bertz CT molecular complexity index is 845. The molecule has 0 radical (unpaired) electrons. The predicted molar refractivity (Wildman–Crippen MR) is 95.2 cm³/mol. The van der Waals surface area contributed by atoms with E-state index in [0.717, 1.165) is 9.26 Å². The summed E-state index contributed by atoms with van der Waals surface area (Å²) >= 11 is 8.03. The van der Waals surface area contributed by atoms with Crippen molar-refractivity contribution < 1.29 is 9.53 Å². The van der Waals surface area contributed by atoms with Crippen LogP contribution in [-0.2, 0) is 0 Å². The van der Waals surface area contributed by atoms with Crippen molar-refractivity contribution in [2.75, 3.05) is 0 Å². The molecule has 0 saturated heterocycles. The van der Waals surface area contributed by atoms with Crippen LogP contribution in [-0.4, -0.2) is 21.0 Å². The van der Waals surface area contributed by atoms with Crippen LogP contribution in [0.1, 0.15) is 16.2 Å². The van der Waals surface area contributed by atoms with Gasteiger partial charge in [0, 0.05) is 8.59 Å². The first-order chi connectivity index (χ1) is 11.0. The quantitative estimate of drug-likeness (QED) is 0.351.